The quantitative estimate of drug-likeness (QED) is 0.838. The maximum absolute atomic E-state index is 12.0. The number of hydrogen-bond acceptors (Lipinski definition) is 2. The van der Waals surface area contributed by atoms with Crippen LogP contribution in [0.3, 0.4) is 0 Å². The Morgan fingerprint density at radius 1 is 1.29 bits per heavy atom. The largest absolute Gasteiger partial charge is 0.326 e. The Morgan fingerprint density at radius 2 is 1.88 bits per heavy atom. The van der Waals surface area contributed by atoms with Gasteiger partial charge in [0, 0.05) is 11.6 Å². The smallest absolute Gasteiger partial charge is 0.227 e. The summed E-state index contributed by atoms with van der Waals surface area (Å²) in [6.45, 7) is 8.01. The first-order chi connectivity index (χ1) is 8.06. The summed E-state index contributed by atoms with van der Waals surface area (Å²) in [6.07, 6.45) is 0. The number of amides is 1. The van der Waals surface area contributed by atoms with Gasteiger partial charge >= 0.3 is 0 Å². The summed E-state index contributed by atoms with van der Waals surface area (Å²) in [5.41, 5.74) is 3.27. The molecule has 1 aromatic rings. The van der Waals surface area contributed by atoms with Crippen LogP contribution in [0.4, 0.5) is 5.69 Å². The van der Waals surface area contributed by atoms with Crippen LogP contribution in [0.2, 0.25) is 0 Å². The van der Waals surface area contributed by atoms with Gasteiger partial charge in [0.2, 0.25) is 5.91 Å². The minimum Gasteiger partial charge on any atom is -0.326 e. The van der Waals surface area contributed by atoms with Crippen LogP contribution in [0.15, 0.2) is 18.2 Å². The fourth-order valence-electron chi connectivity index (χ4n) is 2.18. The average molecular weight is 232 g/mol. The van der Waals surface area contributed by atoms with Crippen LogP contribution < -0.4 is 10.6 Å². The van der Waals surface area contributed by atoms with E-state index in [1.165, 1.54) is 11.1 Å². The minimum absolute atomic E-state index is 0.0806. The third kappa shape index (κ3) is 2.86. The molecule has 1 aliphatic heterocycles. The number of hydrogen-bond donors (Lipinski definition) is 2. The Morgan fingerprint density at radius 3 is 2.35 bits per heavy atom. The molecule has 92 valence electrons. The van der Waals surface area contributed by atoms with E-state index in [0.29, 0.717) is 5.92 Å². The molecule has 17 heavy (non-hydrogen) atoms. The van der Waals surface area contributed by atoms with Crippen molar-refractivity contribution in [1.29, 1.82) is 0 Å². The first-order valence-corrected chi connectivity index (χ1v) is 6.16. The first kappa shape index (κ1) is 12.1. The Kier molecular flexibility index (Phi) is 3.48. The molecule has 2 rings (SSSR count). The van der Waals surface area contributed by atoms with Crippen molar-refractivity contribution in [1.82, 2.24) is 5.32 Å². The van der Waals surface area contributed by atoms with Crippen molar-refractivity contribution in [3.8, 4) is 0 Å². The number of anilines is 1. The maximum Gasteiger partial charge on any atom is 0.227 e. The second-order valence-electron chi connectivity index (χ2n) is 5.07. The van der Waals surface area contributed by atoms with Crippen molar-refractivity contribution in [2.45, 2.75) is 20.8 Å². The van der Waals surface area contributed by atoms with Gasteiger partial charge in [-0.2, -0.15) is 0 Å². The predicted octanol–water partition coefficient (Wildman–Crippen LogP) is 2.10. The standard InChI is InChI=1S/C14H20N2O/c1-9-4-10(2)6-13(5-9)16-14(17)11(3)12-7-15-8-12/h4-6,11-12,15H,7-8H2,1-3H3,(H,16,17). The highest BCUT2D eigenvalue weighted by molar-refractivity contribution is 5.92. The molecule has 1 atom stereocenters. The van der Waals surface area contributed by atoms with E-state index < -0.39 is 0 Å². The molecular weight excluding hydrogens is 212 g/mol. The van der Waals surface area contributed by atoms with Gasteiger partial charge in [0.15, 0.2) is 0 Å². The van der Waals surface area contributed by atoms with Gasteiger partial charge in [-0.3, -0.25) is 4.79 Å². The lowest BCUT2D eigenvalue weighted by Gasteiger charge is -2.31. The van der Waals surface area contributed by atoms with E-state index in [1.807, 2.05) is 32.9 Å². The summed E-state index contributed by atoms with van der Waals surface area (Å²) in [4.78, 5) is 12.0. The maximum atomic E-state index is 12.0. The lowest BCUT2D eigenvalue weighted by atomic mass is 9.88. The second kappa shape index (κ2) is 4.88. The number of rotatable bonds is 3. The van der Waals surface area contributed by atoms with E-state index in [4.69, 9.17) is 0 Å². The molecule has 0 aromatic heterocycles. The lowest BCUT2D eigenvalue weighted by molar-refractivity contribution is -0.121. The fourth-order valence-corrected chi connectivity index (χ4v) is 2.18. The number of nitrogens with one attached hydrogen (secondary N) is 2. The number of benzene rings is 1. The van der Waals surface area contributed by atoms with Gasteiger partial charge in [0.05, 0.1) is 0 Å². The Bertz CT molecular complexity index is 404. The molecule has 2 N–H and O–H groups in total. The SMILES string of the molecule is Cc1cc(C)cc(NC(=O)C(C)C2CNC2)c1. The third-order valence-electron chi connectivity index (χ3n) is 3.42. The molecule has 0 bridgehead atoms. The highest BCUT2D eigenvalue weighted by Crippen LogP contribution is 2.19. The summed E-state index contributed by atoms with van der Waals surface area (Å²) in [7, 11) is 0. The van der Waals surface area contributed by atoms with E-state index >= 15 is 0 Å². The highest BCUT2D eigenvalue weighted by atomic mass is 16.1. The minimum atomic E-state index is 0.0806. The number of carbonyl (C=O) groups is 1. The van der Waals surface area contributed by atoms with Crippen molar-refractivity contribution >= 4 is 11.6 Å². The molecule has 3 heteroatoms. The molecule has 1 aromatic carbocycles. The summed E-state index contributed by atoms with van der Waals surface area (Å²) in [5, 5.41) is 6.20. The van der Waals surface area contributed by atoms with Gasteiger partial charge in [0.1, 0.15) is 0 Å². The van der Waals surface area contributed by atoms with Gasteiger partial charge in [-0.15, -0.1) is 0 Å². The van der Waals surface area contributed by atoms with Crippen LogP contribution in [0.5, 0.6) is 0 Å². The fraction of sp³-hybridized carbons (Fsp3) is 0.500. The van der Waals surface area contributed by atoms with Crippen molar-refractivity contribution in [3.05, 3.63) is 29.3 Å². The molecule has 0 saturated carbocycles. The zero-order chi connectivity index (χ0) is 12.4. The summed E-state index contributed by atoms with van der Waals surface area (Å²) in [6, 6.07) is 6.13. The summed E-state index contributed by atoms with van der Waals surface area (Å²) >= 11 is 0. The van der Waals surface area contributed by atoms with Crippen molar-refractivity contribution in [2.24, 2.45) is 11.8 Å². The normalized spacial score (nSPS) is 17.4. The molecule has 1 aliphatic rings. The van der Waals surface area contributed by atoms with Gasteiger partial charge in [-0.1, -0.05) is 13.0 Å². The molecule has 1 fully saturated rings. The monoisotopic (exact) mass is 232 g/mol. The van der Waals surface area contributed by atoms with Crippen LogP contribution in [-0.2, 0) is 4.79 Å². The van der Waals surface area contributed by atoms with Crippen LogP contribution in [0, 0.1) is 25.7 Å². The predicted molar refractivity (Wildman–Crippen MR) is 70.1 cm³/mol. The molecule has 0 radical (unpaired) electrons. The summed E-state index contributed by atoms with van der Waals surface area (Å²) in [5.74, 6) is 0.694. The number of carbonyl (C=O) groups excluding carboxylic acids is 1. The van der Waals surface area contributed by atoms with Crippen molar-refractivity contribution < 1.29 is 4.79 Å². The summed E-state index contributed by atoms with van der Waals surface area (Å²) < 4.78 is 0. The molecule has 1 amide bonds. The Labute approximate surface area is 103 Å². The van der Waals surface area contributed by atoms with Crippen molar-refractivity contribution in [2.75, 3.05) is 18.4 Å². The van der Waals surface area contributed by atoms with Gasteiger partial charge in [0.25, 0.3) is 0 Å². The van der Waals surface area contributed by atoms with Crippen LogP contribution >= 0.6 is 0 Å². The Hall–Kier alpha value is -1.35. The molecule has 1 saturated heterocycles. The van der Waals surface area contributed by atoms with Crippen LogP contribution in [0.1, 0.15) is 18.1 Å². The van der Waals surface area contributed by atoms with Gasteiger partial charge in [-0.05, 0) is 56.1 Å². The molecule has 0 spiro atoms. The van der Waals surface area contributed by atoms with E-state index in [9.17, 15) is 4.79 Å². The van der Waals surface area contributed by atoms with Crippen molar-refractivity contribution in [3.63, 3.8) is 0 Å². The second-order valence-corrected chi connectivity index (χ2v) is 5.07. The first-order valence-electron chi connectivity index (χ1n) is 6.16. The van der Waals surface area contributed by atoms with Crippen LogP contribution in [-0.4, -0.2) is 19.0 Å². The van der Waals surface area contributed by atoms with E-state index in [-0.39, 0.29) is 11.8 Å². The van der Waals surface area contributed by atoms with Gasteiger partial charge < -0.3 is 10.6 Å². The highest BCUT2D eigenvalue weighted by Gasteiger charge is 2.28. The average Bonchev–Trinajstić information content (AvgIpc) is 2.12. The molecule has 0 aliphatic carbocycles. The molecule has 1 heterocycles. The van der Waals surface area contributed by atoms with Crippen LogP contribution in [0.25, 0.3) is 0 Å². The van der Waals surface area contributed by atoms with E-state index in [2.05, 4.69) is 16.7 Å². The third-order valence-corrected chi connectivity index (χ3v) is 3.42. The topological polar surface area (TPSA) is 41.1 Å². The van der Waals surface area contributed by atoms with E-state index in [0.717, 1.165) is 18.8 Å². The molecule has 1 unspecified atom stereocenters. The van der Waals surface area contributed by atoms with Gasteiger partial charge in [-0.25, -0.2) is 0 Å². The number of aryl methyl sites for hydroxylation is 2. The molecule has 3 nitrogen and oxygen atoms in total. The Balaban J connectivity index is 2.01. The zero-order valence-corrected chi connectivity index (χ0v) is 10.7. The van der Waals surface area contributed by atoms with E-state index in [1.54, 1.807) is 0 Å². The zero-order valence-electron chi connectivity index (χ0n) is 10.7. The lowest BCUT2D eigenvalue weighted by Crippen LogP contribution is -2.48. The molecular formula is C14H20N2O.